The molecular formula is C18H24N4O3. The van der Waals surface area contributed by atoms with Gasteiger partial charge in [0.05, 0.1) is 5.69 Å². The average Bonchev–Trinajstić information content (AvgIpc) is 3.18. The Balaban J connectivity index is 1.53. The van der Waals surface area contributed by atoms with Gasteiger partial charge in [-0.05, 0) is 18.2 Å². The van der Waals surface area contributed by atoms with E-state index >= 15 is 0 Å². The fraction of sp³-hybridized carbons (Fsp3) is 0.444. The number of benzene rings is 1. The average molecular weight is 344 g/mol. The SMILES string of the molecule is CCC1(CC)Oc2ccc(NC(=O)NCCc3ccn(C)n3)cc2O1. The topological polar surface area (TPSA) is 77.4 Å². The third-order valence-corrected chi connectivity index (χ3v) is 4.31. The maximum Gasteiger partial charge on any atom is 0.319 e. The monoisotopic (exact) mass is 344 g/mol. The zero-order valence-corrected chi connectivity index (χ0v) is 14.8. The Labute approximate surface area is 147 Å². The van der Waals surface area contributed by atoms with Gasteiger partial charge in [-0.3, -0.25) is 4.68 Å². The second kappa shape index (κ2) is 7.04. The summed E-state index contributed by atoms with van der Waals surface area (Å²) in [5.74, 6) is 0.783. The summed E-state index contributed by atoms with van der Waals surface area (Å²) in [4.78, 5) is 12.0. The van der Waals surface area contributed by atoms with E-state index in [0.717, 1.165) is 18.5 Å². The molecule has 0 saturated heterocycles. The number of amides is 2. The number of rotatable bonds is 6. The van der Waals surface area contributed by atoms with Crippen LogP contribution >= 0.6 is 0 Å². The standard InChI is InChI=1S/C18H24N4O3/c1-4-18(5-2)24-15-7-6-14(12-16(15)25-18)20-17(23)19-10-8-13-9-11-22(3)21-13/h6-7,9,11-12H,4-5,8,10H2,1-3H3,(H2,19,20,23). The Morgan fingerprint density at radius 2 is 1.96 bits per heavy atom. The van der Waals surface area contributed by atoms with Gasteiger partial charge in [0.15, 0.2) is 11.5 Å². The van der Waals surface area contributed by atoms with Gasteiger partial charge in [0.2, 0.25) is 0 Å². The number of ether oxygens (including phenoxy) is 2. The first-order chi connectivity index (χ1) is 12.0. The molecule has 2 aromatic rings. The minimum atomic E-state index is -0.591. The van der Waals surface area contributed by atoms with Gasteiger partial charge in [-0.25, -0.2) is 4.79 Å². The van der Waals surface area contributed by atoms with E-state index in [1.54, 1.807) is 10.7 Å². The van der Waals surface area contributed by atoms with Crippen LogP contribution in [0.3, 0.4) is 0 Å². The normalized spacial score (nSPS) is 14.4. The maximum absolute atomic E-state index is 12.0. The predicted octanol–water partition coefficient (Wildman–Crippen LogP) is 3.07. The molecule has 0 saturated carbocycles. The van der Waals surface area contributed by atoms with Crippen LogP contribution in [0, 0.1) is 0 Å². The summed E-state index contributed by atoms with van der Waals surface area (Å²) in [6, 6.07) is 7.10. The highest BCUT2D eigenvalue weighted by Crippen LogP contribution is 2.43. The third kappa shape index (κ3) is 3.87. The van der Waals surface area contributed by atoms with Crippen LogP contribution in [-0.4, -0.2) is 28.1 Å². The van der Waals surface area contributed by atoms with Crippen molar-refractivity contribution in [2.45, 2.75) is 38.9 Å². The molecule has 0 unspecified atom stereocenters. The van der Waals surface area contributed by atoms with Gasteiger partial charge in [-0.2, -0.15) is 5.10 Å². The zero-order chi connectivity index (χ0) is 17.9. The first-order valence-corrected chi connectivity index (χ1v) is 8.59. The summed E-state index contributed by atoms with van der Waals surface area (Å²) >= 11 is 0. The van der Waals surface area contributed by atoms with E-state index in [9.17, 15) is 4.79 Å². The molecular weight excluding hydrogens is 320 g/mol. The van der Waals surface area contributed by atoms with Gasteiger partial charge < -0.3 is 20.1 Å². The van der Waals surface area contributed by atoms with Crippen LogP contribution in [0.25, 0.3) is 0 Å². The van der Waals surface area contributed by atoms with Crippen molar-refractivity contribution in [1.82, 2.24) is 15.1 Å². The smallest absolute Gasteiger partial charge is 0.319 e. The number of anilines is 1. The number of fused-ring (bicyclic) bond motifs is 1. The molecule has 134 valence electrons. The van der Waals surface area contributed by atoms with E-state index in [2.05, 4.69) is 15.7 Å². The first-order valence-electron chi connectivity index (χ1n) is 8.59. The Morgan fingerprint density at radius 1 is 1.20 bits per heavy atom. The molecule has 2 N–H and O–H groups in total. The lowest BCUT2D eigenvalue weighted by Gasteiger charge is -2.24. The molecule has 0 bridgehead atoms. The predicted molar refractivity (Wildman–Crippen MR) is 94.9 cm³/mol. The van der Waals surface area contributed by atoms with Crippen molar-refractivity contribution in [2.24, 2.45) is 7.05 Å². The molecule has 0 radical (unpaired) electrons. The third-order valence-electron chi connectivity index (χ3n) is 4.31. The van der Waals surface area contributed by atoms with E-state index < -0.39 is 5.79 Å². The number of aromatic nitrogens is 2. The van der Waals surface area contributed by atoms with Crippen LogP contribution in [0.2, 0.25) is 0 Å². The maximum atomic E-state index is 12.0. The zero-order valence-electron chi connectivity index (χ0n) is 14.8. The second-order valence-corrected chi connectivity index (χ2v) is 6.10. The van der Waals surface area contributed by atoms with E-state index in [-0.39, 0.29) is 6.03 Å². The van der Waals surface area contributed by atoms with Gasteiger partial charge in [0, 0.05) is 50.8 Å². The molecule has 2 heterocycles. The molecule has 0 aliphatic carbocycles. The van der Waals surface area contributed by atoms with Crippen LogP contribution < -0.4 is 20.1 Å². The minimum absolute atomic E-state index is 0.257. The summed E-state index contributed by atoms with van der Waals surface area (Å²) in [6.07, 6.45) is 4.09. The van der Waals surface area contributed by atoms with Crippen molar-refractivity contribution >= 4 is 11.7 Å². The van der Waals surface area contributed by atoms with Gasteiger partial charge in [-0.1, -0.05) is 13.8 Å². The van der Waals surface area contributed by atoms with Gasteiger partial charge in [0.1, 0.15) is 0 Å². The molecule has 7 heteroatoms. The van der Waals surface area contributed by atoms with Crippen molar-refractivity contribution < 1.29 is 14.3 Å². The second-order valence-electron chi connectivity index (χ2n) is 6.10. The number of nitrogens with zero attached hydrogens (tertiary/aromatic N) is 2. The molecule has 7 nitrogen and oxygen atoms in total. The molecule has 3 rings (SSSR count). The Kier molecular flexibility index (Phi) is 4.83. The van der Waals surface area contributed by atoms with E-state index in [1.807, 2.05) is 45.3 Å². The van der Waals surface area contributed by atoms with Gasteiger partial charge in [-0.15, -0.1) is 0 Å². The molecule has 0 fully saturated rings. The quantitative estimate of drug-likeness (QED) is 0.844. The molecule has 0 spiro atoms. The fourth-order valence-corrected chi connectivity index (χ4v) is 2.79. The largest absolute Gasteiger partial charge is 0.448 e. The van der Waals surface area contributed by atoms with E-state index in [1.165, 1.54) is 0 Å². The van der Waals surface area contributed by atoms with Crippen LogP contribution in [0.1, 0.15) is 32.4 Å². The van der Waals surface area contributed by atoms with Crippen molar-refractivity contribution in [2.75, 3.05) is 11.9 Å². The highest BCUT2D eigenvalue weighted by Gasteiger charge is 2.38. The van der Waals surface area contributed by atoms with E-state index in [0.29, 0.717) is 30.2 Å². The van der Waals surface area contributed by atoms with Crippen LogP contribution in [0.4, 0.5) is 10.5 Å². The molecule has 25 heavy (non-hydrogen) atoms. The lowest BCUT2D eigenvalue weighted by Crippen LogP contribution is -2.36. The Morgan fingerprint density at radius 3 is 2.64 bits per heavy atom. The highest BCUT2D eigenvalue weighted by atomic mass is 16.7. The summed E-state index contributed by atoms with van der Waals surface area (Å²) in [5, 5.41) is 9.91. The van der Waals surface area contributed by atoms with E-state index in [4.69, 9.17) is 9.47 Å². The number of hydrogen-bond acceptors (Lipinski definition) is 4. The van der Waals surface area contributed by atoms with Crippen molar-refractivity contribution in [3.8, 4) is 11.5 Å². The number of carbonyl (C=O) groups is 1. The summed E-state index contributed by atoms with van der Waals surface area (Å²) in [5.41, 5.74) is 1.61. The number of carbonyl (C=O) groups excluding carboxylic acids is 1. The number of urea groups is 1. The molecule has 1 aliphatic heterocycles. The Hall–Kier alpha value is -2.70. The molecule has 1 aromatic heterocycles. The molecule has 2 amide bonds. The highest BCUT2D eigenvalue weighted by molar-refractivity contribution is 5.89. The van der Waals surface area contributed by atoms with Crippen LogP contribution in [-0.2, 0) is 13.5 Å². The molecule has 0 atom stereocenters. The molecule has 1 aromatic carbocycles. The molecule has 1 aliphatic rings. The number of hydrogen-bond donors (Lipinski definition) is 2. The van der Waals surface area contributed by atoms with Crippen molar-refractivity contribution in [3.05, 3.63) is 36.2 Å². The summed E-state index contributed by atoms with van der Waals surface area (Å²) in [7, 11) is 1.87. The number of aryl methyl sites for hydroxylation is 1. The lowest BCUT2D eigenvalue weighted by atomic mass is 10.1. The van der Waals surface area contributed by atoms with Crippen molar-refractivity contribution in [3.63, 3.8) is 0 Å². The van der Waals surface area contributed by atoms with Gasteiger partial charge in [0.25, 0.3) is 5.79 Å². The van der Waals surface area contributed by atoms with Crippen LogP contribution in [0.15, 0.2) is 30.5 Å². The Bertz CT molecular complexity index is 753. The summed E-state index contributed by atoms with van der Waals surface area (Å²) < 4.78 is 13.6. The minimum Gasteiger partial charge on any atom is -0.448 e. The first kappa shape index (κ1) is 17.1. The lowest BCUT2D eigenvalue weighted by molar-refractivity contribution is -0.0843. The summed E-state index contributed by atoms with van der Waals surface area (Å²) in [6.45, 7) is 4.58. The number of nitrogens with one attached hydrogen (secondary N) is 2. The van der Waals surface area contributed by atoms with Crippen molar-refractivity contribution in [1.29, 1.82) is 0 Å². The fourth-order valence-electron chi connectivity index (χ4n) is 2.79. The van der Waals surface area contributed by atoms with Crippen LogP contribution in [0.5, 0.6) is 11.5 Å². The van der Waals surface area contributed by atoms with Gasteiger partial charge >= 0.3 is 6.03 Å².